The molecule has 0 aliphatic rings. The molecule has 2 N–H and O–H groups in total. The second kappa shape index (κ2) is 8.35. The van der Waals surface area contributed by atoms with Crippen molar-refractivity contribution in [2.75, 3.05) is 33.7 Å². The van der Waals surface area contributed by atoms with Crippen LogP contribution in [0.2, 0.25) is 5.02 Å². The van der Waals surface area contributed by atoms with E-state index in [1.165, 1.54) is 5.56 Å². The molecule has 0 aliphatic heterocycles. The van der Waals surface area contributed by atoms with E-state index in [0.29, 0.717) is 12.6 Å². The number of hydrogen-bond donors (Lipinski definition) is 1. The maximum absolute atomic E-state index is 6.07. The zero-order valence-electron chi connectivity index (χ0n) is 12.7. The van der Waals surface area contributed by atoms with Crippen LogP contribution in [0.5, 0.6) is 0 Å². The van der Waals surface area contributed by atoms with Gasteiger partial charge in [-0.1, -0.05) is 24.6 Å². The van der Waals surface area contributed by atoms with E-state index in [-0.39, 0.29) is 6.04 Å². The maximum atomic E-state index is 6.07. The lowest BCUT2D eigenvalue weighted by molar-refractivity contribution is 0.131. The van der Waals surface area contributed by atoms with Crippen molar-refractivity contribution in [2.45, 2.75) is 25.9 Å². The summed E-state index contributed by atoms with van der Waals surface area (Å²) in [6.07, 6.45) is 0. The molecular formula is C15H25BrClN3. The summed E-state index contributed by atoms with van der Waals surface area (Å²) in [5.74, 6) is 0. The van der Waals surface area contributed by atoms with Gasteiger partial charge in [0.15, 0.2) is 0 Å². The van der Waals surface area contributed by atoms with Crippen molar-refractivity contribution in [3.05, 3.63) is 33.3 Å². The first-order valence-corrected chi connectivity index (χ1v) is 8.13. The van der Waals surface area contributed by atoms with E-state index in [4.69, 9.17) is 17.3 Å². The summed E-state index contributed by atoms with van der Waals surface area (Å²) in [5, 5.41) is 0.730. The van der Waals surface area contributed by atoms with Gasteiger partial charge in [-0.3, -0.25) is 4.90 Å². The lowest BCUT2D eigenvalue weighted by Gasteiger charge is -2.36. The zero-order chi connectivity index (χ0) is 15.3. The van der Waals surface area contributed by atoms with Gasteiger partial charge in [-0.2, -0.15) is 0 Å². The molecule has 0 spiro atoms. The first-order chi connectivity index (χ1) is 9.40. The van der Waals surface area contributed by atoms with Gasteiger partial charge < -0.3 is 10.6 Å². The molecule has 114 valence electrons. The molecule has 0 amide bonds. The third-order valence-electron chi connectivity index (χ3n) is 3.51. The summed E-state index contributed by atoms with van der Waals surface area (Å²) in [6, 6.07) is 6.72. The fourth-order valence-electron chi connectivity index (χ4n) is 2.66. The van der Waals surface area contributed by atoms with E-state index in [1.807, 2.05) is 6.07 Å². The number of benzene rings is 1. The van der Waals surface area contributed by atoms with Crippen molar-refractivity contribution in [3.63, 3.8) is 0 Å². The second-order valence-corrected chi connectivity index (χ2v) is 6.63. The molecule has 0 aromatic heterocycles. The minimum atomic E-state index is 0.212. The lowest BCUT2D eigenvalue weighted by Crippen LogP contribution is -2.44. The molecule has 20 heavy (non-hydrogen) atoms. The molecule has 2 unspecified atom stereocenters. The van der Waals surface area contributed by atoms with Gasteiger partial charge in [-0.15, -0.1) is 0 Å². The molecular weight excluding hydrogens is 338 g/mol. The Labute approximate surface area is 136 Å². The highest BCUT2D eigenvalue weighted by Crippen LogP contribution is 2.29. The van der Waals surface area contributed by atoms with Crippen LogP contribution in [0.25, 0.3) is 0 Å². The van der Waals surface area contributed by atoms with Crippen LogP contribution in [0.3, 0.4) is 0 Å². The monoisotopic (exact) mass is 361 g/mol. The van der Waals surface area contributed by atoms with Crippen molar-refractivity contribution < 1.29 is 0 Å². The van der Waals surface area contributed by atoms with Crippen molar-refractivity contribution in [1.82, 2.24) is 9.80 Å². The number of halogens is 2. The molecule has 1 aromatic rings. The molecule has 5 heteroatoms. The summed E-state index contributed by atoms with van der Waals surface area (Å²) in [4.78, 5) is 4.65. The first-order valence-electron chi connectivity index (χ1n) is 6.96. The Morgan fingerprint density at radius 3 is 2.45 bits per heavy atom. The van der Waals surface area contributed by atoms with Crippen LogP contribution in [0.15, 0.2) is 22.7 Å². The fourth-order valence-corrected chi connectivity index (χ4v) is 3.17. The van der Waals surface area contributed by atoms with Gasteiger partial charge in [-0.25, -0.2) is 0 Å². The van der Waals surface area contributed by atoms with Crippen molar-refractivity contribution in [2.24, 2.45) is 5.73 Å². The Balaban J connectivity index is 2.98. The molecule has 0 fully saturated rings. The van der Waals surface area contributed by atoms with Crippen LogP contribution in [0.1, 0.15) is 25.5 Å². The SMILES string of the molecule is CCN(C(C)CN(C)C)C(CN)c1ccc(Cl)c(Br)c1. The smallest absolute Gasteiger partial charge is 0.0548 e. The quantitative estimate of drug-likeness (QED) is 0.807. The average Bonchev–Trinajstić information content (AvgIpc) is 2.38. The topological polar surface area (TPSA) is 32.5 Å². The first kappa shape index (κ1) is 17.9. The Bertz CT molecular complexity index is 426. The summed E-state index contributed by atoms with van der Waals surface area (Å²) in [6.45, 7) is 7.01. The van der Waals surface area contributed by atoms with Gasteiger partial charge in [0, 0.05) is 29.6 Å². The van der Waals surface area contributed by atoms with Gasteiger partial charge in [0.1, 0.15) is 0 Å². The summed E-state index contributed by atoms with van der Waals surface area (Å²) >= 11 is 9.57. The molecule has 0 heterocycles. The number of nitrogens with zero attached hydrogens (tertiary/aromatic N) is 2. The van der Waals surface area contributed by atoms with E-state index >= 15 is 0 Å². The molecule has 0 saturated heterocycles. The molecule has 0 saturated carbocycles. The number of rotatable bonds is 7. The molecule has 1 rings (SSSR count). The Hall–Kier alpha value is -0.130. The van der Waals surface area contributed by atoms with E-state index in [2.05, 4.69) is 65.8 Å². The molecule has 1 aromatic carbocycles. The standard InChI is InChI=1S/C15H25BrClN3/c1-5-20(11(2)10-19(3)4)15(9-18)12-6-7-14(17)13(16)8-12/h6-8,11,15H,5,9-10,18H2,1-4H3. The van der Waals surface area contributed by atoms with Crippen LogP contribution < -0.4 is 5.73 Å². The predicted molar refractivity (Wildman–Crippen MR) is 91.3 cm³/mol. The van der Waals surface area contributed by atoms with E-state index in [1.54, 1.807) is 0 Å². The number of likely N-dealkylation sites (N-methyl/N-ethyl adjacent to an activating group) is 2. The average molecular weight is 363 g/mol. The largest absolute Gasteiger partial charge is 0.329 e. The van der Waals surface area contributed by atoms with Crippen molar-refractivity contribution >= 4 is 27.5 Å². The normalized spacial score (nSPS) is 14.8. The molecule has 3 nitrogen and oxygen atoms in total. The van der Waals surface area contributed by atoms with Crippen molar-refractivity contribution in [1.29, 1.82) is 0 Å². The van der Waals surface area contributed by atoms with Gasteiger partial charge >= 0.3 is 0 Å². The summed E-state index contributed by atoms with van der Waals surface area (Å²) < 4.78 is 0.923. The van der Waals surface area contributed by atoms with E-state index < -0.39 is 0 Å². The Morgan fingerprint density at radius 1 is 1.35 bits per heavy atom. The van der Waals surface area contributed by atoms with Gasteiger partial charge in [0.05, 0.1) is 5.02 Å². The van der Waals surface area contributed by atoms with Gasteiger partial charge in [0.2, 0.25) is 0 Å². The number of hydrogen-bond acceptors (Lipinski definition) is 3. The van der Waals surface area contributed by atoms with Crippen LogP contribution in [-0.2, 0) is 0 Å². The Morgan fingerprint density at radius 2 is 2.00 bits per heavy atom. The predicted octanol–water partition coefficient (Wildman–Crippen LogP) is 3.37. The lowest BCUT2D eigenvalue weighted by atomic mass is 10.0. The Kier molecular flexibility index (Phi) is 7.48. The summed E-state index contributed by atoms with van der Waals surface area (Å²) in [7, 11) is 4.20. The third kappa shape index (κ3) is 4.71. The minimum absolute atomic E-state index is 0.212. The highest BCUT2D eigenvalue weighted by atomic mass is 79.9. The highest BCUT2D eigenvalue weighted by Gasteiger charge is 2.23. The minimum Gasteiger partial charge on any atom is -0.329 e. The zero-order valence-corrected chi connectivity index (χ0v) is 15.1. The van der Waals surface area contributed by atoms with Gasteiger partial charge in [-0.05, 0) is 61.2 Å². The van der Waals surface area contributed by atoms with E-state index in [9.17, 15) is 0 Å². The number of nitrogens with two attached hydrogens (primary N) is 1. The van der Waals surface area contributed by atoms with Crippen LogP contribution in [0, 0.1) is 0 Å². The maximum Gasteiger partial charge on any atom is 0.0548 e. The molecule has 0 radical (unpaired) electrons. The fraction of sp³-hybridized carbons (Fsp3) is 0.600. The molecule has 2 atom stereocenters. The highest BCUT2D eigenvalue weighted by molar-refractivity contribution is 9.10. The van der Waals surface area contributed by atoms with Crippen molar-refractivity contribution in [3.8, 4) is 0 Å². The second-order valence-electron chi connectivity index (χ2n) is 5.37. The summed E-state index contributed by atoms with van der Waals surface area (Å²) in [5.41, 5.74) is 7.24. The van der Waals surface area contributed by atoms with Crippen LogP contribution in [0.4, 0.5) is 0 Å². The van der Waals surface area contributed by atoms with Crippen LogP contribution >= 0.6 is 27.5 Å². The van der Waals surface area contributed by atoms with Gasteiger partial charge in [0.25, 0.3) is 0 Å². The van der Waals surface area contributed by atoms with E-state index in [0.717, 1.165) is 22.6 Å². The third-order valence-corrected chi connectivity index (χ3v) is 4.73. The molecule has 0 bridgehead atoms. The molecule has 0 aliphatic carbocycles. The van der Waals surface area contributed by atoms with Crippen LogP contribution in [-0.4, -0.2) is 49.6 Å².